The Morgan fingerprint density at radius 2 is 2.15 bits per heavy atom. The van der Waals surface area contributed by atoms with Gasteiger partial charge in [-0.25, -0.2) is 14.1 Å². The molecule has 130 valence electrons. The number of aromatic amines is 1. The summed E-state index contributed by atoms with van der Waals surface area (Å²) in [5.41, 5.74) is 3.66. The number of hydrogen-bond acceptors (Lipinski definition) is 5. The van der Waals surface area contributed by atoms with Gasteiger partial charge in [-0.1, -0.05) is 0 Å². The van der Waals surface area contributed by atoms with Crippen molar-refractivity contribution in [3.05, 3.63) is 42.6 Å². The summed E-state index contributed by atoms with van der Waals surface area (Å²) in [5.74, 6) is 0.309. The molecule has 0 aliphatic carbocycles. The summed E-state index contributed by atoms with van der Waals surface area (Å²) in [5, 5.41) is 12.6. The van der Waals surface area contributed by atoms with Crippen LogP contribution < -0.4 is 4.74 Å². The molecule has 0 amide bonds. The van der Waals surface area contributed by atoms with E-state index in [9.17, 15) is 4.39 Å². The summed E-state index contributed by atoms with van der Waals surface area (Å²) >= 11 is 0. The lowest BCUT2D eigenvalue weighted by molar-refractivity contribution is 0.150. The zero-order valence-electron chi connectivity index (χ0n) is 14.0. The van der Waals surface area contributed by atoms with Crippen molar-refractivity contribution in [1.29, 1.82) is 0 Å². The van der Waals surface area contributed by atoms with Crippen molar-refractivity contribution < 1.29 is 9.13 Å². The van der Waals surface area contributed by atoms with Crippen LogP contribution in [-0.4, -0.2) is 36.0 Å². The first-order valence-corrected chi connectivity index (χ1v) is 8.38. The van der Waals surface area contributed by atoms with E-state index in [0.717, 1.165) is 29.5 Å². The van der Waals surface area contributed by atoms with Gasteiger partial charge in [0.15, 0.2) is 5.65 Å². The highest BCUT2D eigenvalue weighted by molar-refractivity contribution is 5.98. The normalized spacial score (nSPS) is 16.5. The number of nitrogens with zero attached hydrogens (tertiary/aromatic N) is 5. The Morgan fingerprint density at radius 1 is 1.23 bits per heavy atom. The van der Waals surface area contributed by atoms with Gasteiger partial charge in [-0.3, -0.25) is 10.1 Å². The fraction of sp³-hybridized carbons (Fsp3) is 0.222. The van der Waals surface area contributed by atoms with Crippen molar-refractivity contribution >= 4 is 11.0 Å². The molecule has 7 nitrogen and oxygen atoms in total. The Kier molecular flexibility index (Phi) is 3.24. The first kappa shape index (κ1) is 15.0. The molecule has 1 aliphatic heterocycles. The maximum Gasteiger partial charge on any atom is 0.220 e. The molecule has 0 bridgehead atoms. The molecule has 5 heterocycles. The molecule has 0 saturated heterocycles. The Bertz CT molecular complexity index is 1100. The lowest BCUT2D eigenvalue weighted by Crippen LogP contribution is -2.23. The minimum absolute atomic E-state index is 0.0913. The van der Waals surface area contributed by atoms with E-state index in [4.69, 9.17) is 9.84 Å². The molecule has 0 fully saturated rings. The summed E-state index contributed by atoms with van der Waals surface area (Å²) in [6, 6.07) is 4.92. The van der Waals surface area contributed by atoms with Gasteiger partial charge in [0.05, 0.1) is 29.8 Å². The quantitative estimate of drug-likeness (QED) is 0.600. The van der Waals surface area contributed by atoms with Crippen molar-refractivity contribution in [2.45, 2.75) is 26.0 Å². The number of H-pyrrole nitrogens is 1. The Balaban J connectivity index is 1.81. The van der Waals surface area contributed by atoms with Crippen LogP contribution in [0.2, 0.25) is 0 Å². The lowest BCUT2D eigenvalue weighted by Gasteiger charge is -2.22. The second-order valence-electron chi connectivity index (χ2n) is 6.32. The zero-order valence-corrected chi connectivity index (χ0v) is 14.0. The first-order chi connectivity index (χ1) is 12.7. The summed E-state index contributed by atoms with van der Waals surface area (Å²) in [6.07, 6.45) is 5.61. The summed E-state index contributed by atoms with van der Waals surface area (Å²) in [6.45, 7) is 2.79. The Hall–Kier alpha value is -3.29. The highest BCUT2D eigenvalue weighted by atomic mass is 19.1. The molecule has 1 N–H and O–H groups in total. The summed E-state index contributed by atoms with van der Waals surface area (Å²) in [4.78, 5) is 8.52. The van der Waals surface area contributed by atoms with Crippen molar-refractivity contribution in [2.24, 2.45) is 0 Å². The second-order valence-corrected chi connectivity index (χ2v) is 6.32. The van der Waals surface area contributed by atoms with Gasteiger partial charge in [0.2, 0.25) is 5.88 Å². The highest BCUT2D eigenvalue weighted by Gasteiger charge is 2.28. The molecule has 4 aromatic heterocycles. The number of nitrogens with one attached hydrogen (secondary N) is 1. The fourth-order valence-corrected chi connectivity index (χ4v) is 3.28. The van der Waals surface area contributed by atoms with Crippen molar-refractivity contribution in [1.82, 2.24) is 29.9 Å². The average molecular weight is 350 g/mol. The van der Waals surface area contributed by atoms with Gasteiger partial charge < -0.3 is 4.74 Å². The molecule has 4 aromatic rings. The SMILES string of the molecule is CC1CCn2nc(-c3ccc(F)cn3)c(-c3ccnc4[nH]ncc34)c2O1. The largest absolute Gasteiger partial charge is 0.474 e. The number of fused-ring (bicyclic) bond motifs is 2. The van der Waals surface area contributed by atoms with E-state index in [-0.39, 0.29) is 11.9 Å². The molecule has 0 radical (unpaired) electrons. The number of aromatic nitrogens is 6. The summed E-state index contributed by atoms with van der Waals surface area (Å²) < 4.78 is 21.3. The summed E-state index contributed by atoms with van der Waals surface area (Å²) in [7, 11) is 0. The van der Waals surface area contributed by atoms with Crippen LogP contribution in [0.1, 0.15) is 13.3 Å². The third-order valence-electron chi connectivity index (χ3n) is 4.56. The van der Waals surface area contributed by atoms with Crippen LogP contribution in [0, 0.1) is 5.82 Å². The smallest absolute Gasteiger partial charge is 0.220 e. The van der Waals surface area contributed by atoms with Gasteiger partial charge in [0, 0.05) is 30.1 Å². The maximum absolute atomic E-state index is 13.3. The van der Waals surface area contributed by atoms with Crippen LogP contribution >= 0.6 is 0 Å². The Morgan fingerprint density at radius 3 is 3.00 bits per heavy atom. The molecular formula is C18H15FN6O. The topological polar surface area (TPSA) is 81.5 Å². The minimum atomic E-state index is -0.384. The van der Waals surface area contributed by atoms with E-state index in [0.29, 0.717) is 22.9 Å². The molecule has 1 atom stereocenters. The number of halogens is 1. The van der Waals surface area contributed by atoms with Gasteiger partial charge in [-0.15, -0.1) is 0 Å². The molecule has 0 aromatic carbocycles. The minimum Gasteiger partial charge on any atom is -0.474 e. The number of ether oxygens (including phenoxy) is 1. The molecule has 0 saturated carbocycles. The van der Waals surface area contributed by atoms with Gasteiger partial charge in [0.25, 0.3) is 0 Å². The number of aryl methyl sites for hydroxylation is 1. The molecule has 26 heavy (non-hydrogen) atoms. The van der Waals surface area contributed by atoms with Crippen LogP contribution in [0.25, 0.3) is 33.5 Å². The second kappa shape index (κ2) is 5.62. The van der Waals surface area contributed by atoms with Crippen molar-refractivity contribution in [3.8, 4) is 28.4 Å². The number of hydrogen-bond donors (Lipinski definition) is 1. The lowest BCUT2D eigenvalue weighted by atomic mass is 10.0. The van der Waals surface area contributed by atoms with Gasteiger partial charge in [-0.05, 0) is 25.1 Å². The van der Waals surface area contributed by atoms with Crippen molar-refractivity contribution in [3.63, 3.8) is 0 Å². The molecule has 1 unspecified atom stereocenters. The molecular weight excluding hydrogens is 335 g/mol. The van der Waals surface area contributed by atoms with Gasteiger partial charge >= 0.3 is 0 Å². The third-order valence-corrected chi connectivity index (χ3v) is 4.56. The zero-order chi connectivity index (χ0) is 17.7. The Labute approximate surface area is 147 Å². The molecule has 5 rings (SSSR count). The molecule has 8 heteroatoms. The van der Waals surface area contributed by atoms with E-state index in [1.165, 1.54) is 12.3 Å². The van der Waals surface area contributed by atoms with Gasteiger partial charge in [-0.2, -0.15) is 10.2 Å². The molecule has 0 spiro atoms. The number of pyridine rings is 2. The molecule has 1 aliphatic rings. The third kappa shape index (κ3) is 2.26. The predicted molar refractivity (Wildman–Crippen MR) is 93.0 cm³/mol. The van der Waals surface area contributed by atoms with E-state index >= 15 is 0 Å². The van der Waals surface area contributed by atoms with Crippen LogP contribution in [0.15, 0.2) is 36.8 Å². The monoisotopic (exact) mass is 350 g/mol. The van der Waals surface area contributed by atoms with Crippen LogP contribution in [0.3, 0.4) is 0 Å². The average Bonchev–Trinajstić information content (AvgIpc) is 3.26. The van der Waals surface area contributed by atoms with Crippen LogP contribution in [0.5, 0.6) is 5.88 Å². The fourth-order valence-electron chi connectivity index (χ4n) is 3.28. The van der Waals surface area contributed by atoms with E-state index in [1.54, 1.807) is 18.5 Å². The van der Waals surface area contributed by atoms with Crippen molar-refractivity contribution in [2.75, 3.05) is 0 Å². The van der Waals surface area contributed by atoms with E-state index < -0.39 is 0 Å². The number of rotatable bonds is 2. The first-order valence-electron chi connectivity index (χ1n) is 8.38. The van der Waals surface area contributed by atoms with Crippen LogP contribution in [-0.2, 0) is 6.54 Å². The van der Waals surface area contributed by atoms with E-state index in [2.05, 4.69) is 20.2 Å². The van der Waals surface area contributed by atoms with E-state index in [1.807, 2.05) is 17.7 Å². The predicted octanol–water partition coefficient (Wildman–Crippen LogP) is 3.19. The standard InChI is InChI=1S/C18H15FN6O/c1-10-5-7-25-18(26-10)15(12-4-6-20-17-13(12)9-22-23-17)16(24-25)14-3-2-11(19)8-21-14/h2-4,6,8-10H,5,7H2,1H3,(H,20,22,23). The highest BCUT2D eigenvalue weighted by Crippen LogP contribution is 2.42. The maximum atomic E-state index is 13.3. The van der Waals surface area contributed by atoms with Gasteiger partial charge in [0.1, 0.15) is 11.5 Å². The van der Waals surface area contributed by atoms with Crippen LogP contribution in [0.4, 0.5) is 4.39 Å².